The quantitative estimate of drug-likeness (QED) is 0.127. The molecule has 0 unspecified atom stereocenters. The molecule has 0 bridgehead atoms. The molecular formula is C34H34N4O3. The maximum Gasteiger partial charge on any atom is 0.311 e. The lowest BCUT2D eigenvalue weighted by Gasteiger charge is -2.24. The number of nitro groups is 1. The number of benzene rings is 4. The highest BCUT2D eigenvalue weighted by molar-refractivity contribution is 5.68. The molecule has 7 nitrogen and oxygen atoms in total. The highest BCUT2D eigenvalue weighted by atomic mass is 16.6. The third kappa shape index (κ3) is 6.70. The third-order valence-electron chi connectivity index (χ3n) is 7.15. The lowest BCUT2D eigenvalue weighted by atomic mass is 10.1. The molecule has 0 saturated heterocycles. The first-order valence-corrected chi connectivity index (χ1v) is 14.0. The summed E-state index contributed by atoms with van der Waals surface area (Å²) in [4.78, 5) is 18.5. The van der Waals surface area contributed by atoms with E-state index in [1.165, 1.54) is 12.1 Å². The minimum Gasteiger partial charge on any atom is -0.502 e. The van der Waals surface area contributed by atoms with Gasteiger partial charge in [-0.05, 0) is 23.6 Å². The van der Waals surface area contributed by atoms with Gasteiger partial charge in [0.25, 0.3) is 0 Å². The summed E-state index contributed by atoms with van der Waals surface area (Å²) in [5.41, 5.74) is 5.78. The topological polar surface area (TPSA) is 84.4 Å². The van der Waals surface area contributed by atoms with Crippen LogP contribution in [-0.4, -0.2) is 24.5 Å². The number of hydrogen-bond acceptors (Lipinski definition) is 5. The van der Waals surface area contributed by atoms with Crippen molar-refractivity contribution in [2.24, 2.45) is 0 Å². The van der Waals surface area contributed by atoms with Gasteiger partial charge in [-0.2, -0.15) is 0 Å². The number of nitro benzene ring substituents is 1. The lowest BCUT2D eigenvalue weighted by molar-refractivity contribution is -0.385. The van der Waals surface area contributed by atoms with Gasteiger partial charge in [0.2, 0.25) is 0 Å². The zero-order chi connectivity index (χ0) is 28.6. The van der Waals surface area contributed by atoms with Crippen LogP contribution in [0.1, 0.15) is 36.6 Å². The summed E-state index contributed by atoms with van der Waals surface area (Å²) in [6, 6.07) is 35.4. The van der Waals surface area contributed by atoms with Crippen molar-refractivity contribution in [1.82, 2.24) is 14.5 Å². The zero-order valence-corrected chi connectivity index (χ0v) is 23.2. The number of rotatable bonds is 12. The zero-order valence-electron chi connectivity index (χ0n) is 23.2. The molecule has 0 aliphatic heterocycles. The minimum absolute atomic E-state index is 0.286. The molecule has 1 aromatic heterocycles. The fraction of sp³-hybridized carbons (Fsp3) is 0.206. The highest BCUT2D eigenvalue weighted by Gasteiger charge is 2.23. The Labute approximate surface area is 240 Å². The molecule has 5 rings (SSSR count). The van der Waals surface area contributed by atoms with Gasteiger partial charge in [-0.3, -0.25) is 15.0 Å². The summed E-state index contributed by atoms with van der Waals surface area (Å²) in [5, 5.41) is 21.6. The largest absolute Gasteiger partial charge is 0.502 e. The Bertz CT molecular complexity index is 1590. The number of nitrogens with zero attached hydrogens (tertiary/aromatic N) is 4. The van der Waals surface area contributed by atoms with E-state index in [0.717, 1.165) is 58.9 Å². The van der Waals surface area contributed by atoms with Crippen LogP contribution in [0.3, 0.4) is 0 Å². The second kappa shape index (κ2) is 13.1. The van der Waals surface area contributed by atoms with Gasteiger partial charge < -0.3 is 9.67 Å². The second-order valence-electron chi connectivity index (χ2n) is 10.2. The standard InChI is InChI=1S/C34H34N4O3/c1-2-3-21-37-31(33(28-15-9-5-10-16-28)35-34(37)29-17-11-6-12-18-29)25-36(23-26-13-7-4-8-14-26)24-27-19-20-32(39)30(22-27)38(40)41/h4-20,22,39H,2-3,21,23-25H2,1H3. The molecule has 208 valence electrons. The van der Waals surface area contributed by atoms with Gasteiger partial charge in [-0.1, -0.05) is 110 Å². The number of aromatic nitrogens is 2. The van der Waals surface area contributed by atoms with Crippen molar-refractivity contribution in [3.8, 4) is 28.4 Å². The van der Waals surface area contributed by atoms with E-state index in [1.807, 2.05) is 54.6 Å². The van der Waals surface area contributed by atoms with Crippen LogP contribution in [0.2, 0.25) is 0 Å². The van der Waals surface area contributed by atoms with Crippen LogP contribution in [0.4, 0.5) is 5.69 Å². The molecule has 1 heterocycles. The van der Waals surface area contributed by atoms with Crippen molar-refractivity contribution in [1.29, 1.82) is 0 Å². The molecule has 0 saturated carbocycles. The maximum absolute atomic E-state index is 11.5. The fourth-order valence-electron chi connectivity index (χ4n) is 5.13. The molecule has 5 aromatic rings. The molecule has 0 aliphatic carbocycles. The van der Waals surface area contributed by atoms with Gasteiger partial charge >= 0.3 is 5.69 Å². The first-order chi connectivity index (χ1) is 20.0. The predicted molar refractivity (Wildman–Crippen MR) is 162 cm³/mol. The molecule has 7 heteroatoms. The van der Waals surface area contributed by atoms with Gasteiger partial charge in [0, 0.05) is 43.4 Å². The van der Waals surface area contributed by atoms with Crippen molar-refractivity contribution < 1.29 is 10.0 Å². The van der Waals surface area contributed by atoms with E-state index >= 15 is 0 Å². The number of aromatic hydroxyl groups is 1. The maximum atomic E-state index is 11.5. The summed E-state index contributed by atoms with van der Waals surface area (Å²) in [5.74, 6) is 0.609. The lowest BCUT2D eigenvalue weighted by Crippen LogP contribution is -2.24. The summed E-state index contributed by atoms with van der Waals surface area (Å²) in [6.07, 6.45) is 2.07. The van der Waals surface area contributed by atoms with E-state index < -0.39 is 4.92 Å². The van der Waals surface area contributed by atoms with Crippen molar-refractivity contribution in [3.63, 3.8) is 0 Å². The Morgan fingerprint density at radius 3 is 2.05 bits per heavy atom. The minimum atomic E-state index is -0.542. The molecule has 0 fully saturated rings. The van der Waals surface area contributed by atoms with E-state index in [-0.39, 0.29) is 11.4 Å². The molecule has 4 aromatic carbocycles. The van der Waals surface area contributed by atoms with Crippen LogP contribution in [0, 0.1) is 10.1 Å². The van der Waals surface area contributed by atoms with Gasteiger partial charge in [0.05, 0.1) is 16.3 Å². The first kappa shape index (κ1) is 27.8. The highest BCUT2D eigenvalue weighted by Crippen LogP contribution is 2.32. The van der Waals surface area contributed by atoms with E-state index in [0.29, 0.717) is 19.6 Å². The molecule has 0 amide bonds. The Kier molecular flexibility index (Phi) is 8.86. The van der Waals surface area contributed by atoms with Crippen molar-refractivity contribution in [3.05, 3.63) is 136 Å². The van der Waals surface area contributed by atoms with Gasteiger partial charge in [0.1, 0.15) is 5.82 Å². The average Bonchev–Trinajstić information content (AvgIpc) is 3.36. The smallest absolute Gasteiger partial charge is 0.311 e. The molecule has 1 N–H and O–H groups in total. The number of phenolic OH excluding ortho intramolecular Hbond substituents is 1. The van der Waals surface area contributed by atoms with E-state index in [9.17, 15) is 15.2 Å². The summed E-state index contributed by atoms with van der Waals surface area (Å²) in [6.45, 7) is 4.71. The number of unbranched alkanes of at least 4 members (excludes halogenated alkanes) is 1. The van der Waals surface area contributed by atoms with Crippen LogP contribution < -0.4 is 0 Å². The van der Waals surface area contributed by atoms with Crippen LogP contribution in [0.5, 0.6) is 5.75 Å². The second-order valence-corrected chi connectivity index (χ2v) is 10.2. The van der Waals surface area contributed by atoms with Crippen LogP contribution >= 0.6 is 0 Å². The van der Waals surface area contributed by atoms with Crippen LogP contribution in [-0.2, 0) is 26.2 Å². The summed E-state index contributed by atoms with van der Waals surface area (Å²) >= 11 is 0. The van der Waals surface area contributed by atoms with Crippen molar-refractivity contribution >= 4 is 5.69 Å². The van der Waals surface area contributed by atoms with Gasteiger partial charge in [0.15, 0.2) is 5.75 Å². The van der Waals surface area contributed by atoms with E-state index in [2.05, 4.69) is 52.8 Å². The Morgan fingerprint density at radius 1 is 0.805 bits per heavy atom. The Hall–Kier alpha value is -4.75. The normalized spacial score (nSPS) is 11.2. The number of hydrogen-bond donors (Lipinski definition) is 1. The van der Waals surface area contributed by atoms with Gasteiger partial charge in [-0.15, -0.1) is 0 Å². The number of imidazole rings is 1. The Morgan fingerprint density at radius 2 is 1.41 bits per heavy atom. The monoisotopic (exact) mass is 546 g/mol. The Balaban J connectivity index is 1.62. The van der Waals surface area contributed by atoms with Crippen LogP contribution in [0.15, 0.2) is 109 Å². The SMILES string of the molecule is CCCCn1c(-c2ccccc2)nc(-c2ccccc2)c1CN(Cc1ccccc1)Cc1ccc(O)c([N+](=O)[O-])c1. The third-order valence-corrected chi connectivity index (χ3v) is 7.15. The fourth-order valence-corrected chi connectivity index (χ4v) is 5.13. The van der Waals surface area contributed by atoms with Crippen LogP contribution in [0.25, 0.3) is 22.6 Å². The average molecular weight is 547 g/mol. The van der Waals surface area contributed by atoms with E-state index in [4.69, 9.17) is 4.98 Å². The number of phenols is 1. The molecule has 0 radical (unpaired) electrons. The van der Waals surface area contributed by atoms with E-state index in [1.54, 1.807) is 6.07 Å². The molecule has 0 atom stereocenters. The van der Waals surface area contributed by atoms with Crippen molar-refractivity contribution in [2.45, 2.75) is 45.9 Å². The van der Waals surface area contributed by atoms with Gasteiger partial charge in [-0.25, -0.2) is 4.98 Å². The molecule has 0 aliphatic rings. The molecule has 41 heavy (non-hydrogen) atoms. The molecule has 0 spiro atoms. The first-order valence-electron chi connectivity index (χ1n) is 14.0. The van der Waals surface area contributed by atoms with Crippen molar-refractivity contribution in [2.75, 3.05) is 0 Å². The molecular weight excluding hydrogens is 512 g/mol. The predicted octanol–water partition coefficient (Wildman–Crippen LogP) is 7.83. The summed E-state index contributed by atoms with van der Waals surface area (Å²) in [7, 11) is 0. The summed E-state index contributed by atoms with van der Waals surface area (Å²) < 4.78 is 2.35.